The number of benzene rings is 2. The van der Waals surface area contributed by atoms with E-state index >= 15 is 0 Å². The maximum absolute atomic E-state index is 14.5. The van der Waals surface area contributed by atoms with Crippen LogP contribution in [-0.4, -0.2) is 42.6 Å². The molecule has 0 aliphatic heterocycles. The molecule has 3 saturated carbocycles. The van der Waals surface area contributed by atoms with Gasteiger partial charge in [0.1, 0.15) is 16.3 Å². The lowest BCUT2D eigenvalue weighted by Gasteiger charge is -2.58. The van der Waals surface area contributed by atoms with E-state index < -0.39 is 11.9 Å². The largest absolute Gasteiger partial charge is 0.497 e. The summed E-state index contributed by atoms with van der Waals surface area (Å²) in [7, 11) is 1.58. The molecule has 3 fully saturated rings. The van der Waals surface area contributed by atoms with Gasteiger partial charge >= 0.3 is 5.97 Å². The molecule has 8 heteroatoms. The highest BCUT2D eigenvalue weighted by Crippen LogP contribution is 2.68. The Hall–Kier alpha value is -4.01. The number of fused-ring (bicyclic) bond motifs is 5. The van der Waals surface area contributed by atoms with Crippen LogP contribution in [0.4, 0.5) is 5.00 Å². The highest BCUT2D eigenvalue weighted by molar-refractivity contribution is 7.15. The Balaban J connectivity index is 1.23. The minimum Gasteiger partial charge on any atom is -0.497 e. The zero-order valence-corrected chi connectivity index (χ0v) is 30.9. The first-order valence-electron chi connectivity index (χ1n) is 18.5. The van der Waals surface area contributed by atoms with Crippen molar-refractivity contribution in [2.24, 2.45) is 28.6 Å². The Morgan fingerprint density at radius 3 is 2.47 bits per heavy atom. The standard InChI is InChI=1S/C43H49NO6S/c1-5-50-41(48)32(23-26-11-14-30(49-4)15-12-26)39(47)44-40-37(38(46)27-9-7-6-8-10-27)33(25-51-40)35-18-17-34-31-16-13-28-24-29(45)19-21-42(28,2)36(31)20-22-43(34,35)3/h6-15,23,25,29,31,34-36,45H,5,16-22,24H2,1-4H3,(H,44,47)/b32-23-/t29-,31-,34-,35+,36-,42-,43-/m0/s1. The maximum Gasteiger partial charge on any atom is 0.343 e. The van der Waals surface area contributed by atoms with E-state index in [1.807, 2.05) is 30.3 Å². The summed E-state index contributed by atoms with van der Waals surface area (Å²) >= 11 is 1.36. The molecule has 0 saturated heterocycles. The number of esters is 1. The van der Waals surface area contributed by atoms with Gasteiger partial charge in [-0.3, -0.25) is 9.59 Å². The molecular weight excluding hydrogens is 659 g/mol. The van der Waals surface area contributed by atoms with Gasteiger partial charge in [0.25, 0.3) is 5.91 Å². The zero-order valence-electron chi connectivity index (χ0n) is 30.1. The highest BCUT2D eigenvalue weighted by atomic mass is 32.1. The fourth-order valence-corrected chi connectivity index (χ4v) is 11.3. The molecule has 0 spiro atoms. The minimum atomic E-state index is -0.729. The third-order valence-electron chi connectivity index (χ3n) is 12.9. The van der Waals surface area contributed by atoms with E-state index in [0.29, 0.717) is 45.2 Å². The van der Waals surface area contributed by atoms with Gasteiger partial charge in [0.15, 0.2) is 5.78 Å². The number of aliphatic hydroxyl groups is 1. The highest BCUT2D eigenvalue weighted by Gasteiger charge is 2.59. The molecule has 3 aromatic rings. The van der Waals surface area contributed by atoms with Gasteiger partial charge in [-0.05, 0) is 128 Å². The lowest BCUT2D eigenvalue weighted by molar-refractivity contribution is -0.139. The molecule has 2 aromatic carbocycles. The summed E-state index contributed by atoms with van der Waals surface area (Å²) in [4.78, 5) is 41.6. The number of allylic oxidation sites excluding steroid dienone is 1. The first kappa shape index (κ1) is 35.4. The fraction of sp³-hybridized carbons (Fsp3) is 0.465. The SMILES string of the molecule is CCOC(=O)/C(=C\c1ccc(OC)cc1)C(=O)Nc1scc([C@H]2CC[C@H]3[C@@H]4CC=C5C[C@@H](O)CC[C@]5(C)[C@H]4CC[C@]23C)c1C(=O)c1ccccc1. The van der Waals surface area contributed by atoms with Crippen LogP contribution in [-0.2, 0) is 14.3 Å². The molecule has 2 N–H and O–H groups in total. The van der Waals surface area contributed by atoms with Crippen LogP contribution in [0.1, 0.15) is 105 Å². The van der Waals surface area contributed by atoms with Crippen molar-refractivity contribution in [1.29, 1.82) is 0 Å². The number of aliphatic hydroxyl groups excluding tert-OH is 1. The monoisotopic (exact) mass is 707 g/mol. The van der Waals surface area contributed by atoms with Crippen molar-refractivity contribution < 1.29 is 29.0 Å². The van der Waals surface area contributed by atoms with E-state index in [1.54, 1.807) is 38.3 Å². The predicted octanol–water partition coefficient (Wildman–Crippen LogP) is 8.98. The Morgan fingerprint density at radius 2 is 1.75 bits per heavy atom. The molecule has 0 bridgehead atoms. The van der Waals surface area contributed by atoms with Crippen LogP contribution in [0.5, 0.6) is 5.75 Å². The second kappa shape index (κ2) is 14.2. The number of carbonyl (C=O) groups excluding carboxylic acids is 3. The molecule has 1 aromatic heterocycles. The van der Waals surface area contributed by atoms with Crippen LogP contribution in [0.3, 0.4) is 0 Å². The Bertz CT molecular complexity index is 1860. The van der Waals surface area contributed by atoms with Crippen molar-refractivity contribution in [3.8, 4) is 5.75 Å². The van der Waals surface area contributed by atoms with E-state index in [1.165, 1.54) is 23.0 Å². The smallest absolute Gasteiger partial charge is 0.343 e. The molecule has 7 nitrogen and oxygen atoms in total. The van der Waals surface area contributed by atoms with Crippen LogP contribution in [0.2, 0.25) is 0 Å². The molecule has 7 atom stereocenters. The van der Waals surface area contributed by atoms with Gasteiger partial charge in [-0.1, -0.05) is 68.0 Å². The van der Waals surface area contributed by atoms with Gasteiger partial charge in [-0.15, -0.1) is 11.3 Å². The van der Waals surface area contributed by atoms with Crippen molar-refractivity contribution in [2.45, 2.75) is 84.2 Å². The average molecular weight is 708 g/mol. The number of thiophene rings is 1. The first-order chi connectivity index (χ1) is 24.6. The van der Waals surface area contributed by atoms with Crippen molar-refractivity contribution in [3.05, 3.63) is 99.5 Å². The van der Waals surface area contributed by atoms with Crippen LogP contribution in [0.15, 0.2) is 77.2 Å². The summed E-state index contributed by atoms with van der Waals surface area (Å²) in [5.74, 6) is 1.08. The topological polar surface area (TPSA) is 102 Å². The molecular formula is C43H49NO6S. The van der Waals surface area contributed by atoms with Gasteiger partial charge in [0.05, 0.1) is 25.4 Å². The average Bonchev–Trinajstić information content (AvgIpc) is 3.71. The first-order valence-corrected chi connectivity index (χ1v) is 19.4. The van der Waals surface area contributed by atoms with Crippen molar-refractivity contribution in [3.63, 3.8) is 0 Å². The van der Waals surface area contributed by atoms with E-state index in [9.17, 15) is 19.5 Å². The number of rotatable bonds is 9. The van der Waals surface area contributed by atoms with Gasteiger partial charge in [-0.2, -0.15) is 0 Å². The summed E-state index contributed by atoms with van der Waals surface area (Å²) in [5, 5.41) is 16.0. The second-order valence-corrected chi connectivity index (χ2v) is 16.3. The fourth-order valence-electron chi connectivity index (χ4n) is 10.3. The number of nitrogens with one attached hydrogen (secondary N) is 1. The molecule has 1 heterocycles. The number of ether oxygens (including phenoxy) is 2. The Kier molecular flexibility index (Phi) is 9.85. The lowest BCUT2D eigenvalue weighted by Crippen LogP contribution is -2.50. The Morgan fingerprint density at radius 1 is 0.980 bits per heavy atom. The van der Waals surface area contributed by atoms with Crippen LogP contribution >= 0.6 is 11.3 Å². The second-order valence-electron chi connectivity index (χ2n) is 15.4. The summed E-state index contributed by atoms with van der Waals surface area (Å²) in [5.41, 5.74) is 4.23. The molecule has 51 heavy (non-hydrogen) atoms. The van der Waals surface area contributed by atoms with Crippen LogP contribution < -0.4 is 10.1 Å². The van der Waals surface area contributed by atoms with Crippen LogP contribution in [0.25, 0.3) is 6.08 Å². The maximum atomic E-state index is 14.5. The number of methoxy groups -OCH3 is 1. The molecule has 1 amide bonds. The predicted molar refractivity (Wildman–Crippen MR) is 201 cm³/mol. The summed E-state index contributed by atoms with van der Waals surface area (Å²) in [6.07, 6.45) is 11.9. The van der Waals surface area contributed by atoms with E-state index in [2.05, 4.69) is 30.6 Å². The van der Waals surface area contributed by atoms with Gasteiger partial charge in [0, 0.05) is 5.56 Å². The number of anilines is 1. The van der Waals surface area contributed by atoms with E-state index in [4.69, 9.17) is 9.47 Å². The number of hydrogen-bond donors (Lipinski definition) is 2. The van der Waals surface area contributed by atoms with Crippen molar-refractivity contribution >= 4 is 40.1 Å². The number of hydrogen-bond acceptors (Lipinski definition) is 7. The quantitative estimate of drug-likeness (QED) is 0.0575. The molecule has 0 radical (unpaired) electrons. The zero-order chi connectivity index (χ0) is 35.9. The van der Waals surface area contributed by atoms with E-state index in [-0.39, 0.29) is 40.8 Å². The Labute approximate surface area is 305 Å². The molecule has 0 unspecified atom stereocenters. The number of amides is 1. The summed E-state index contributed by atoms with van der Waals surface area (Å²) in [6, 6.07) is 16.3. The molecule has 4 aliphatic carbocycles. The summed E-state index contributed by atoms with van der Waals surface area (Å²) in [6.45, 7) is 6.72. The van der Waals surface area contributed by atoms with Crippen molar-refractivity contribution in [1.82, 2.24) is 0 Å². The third kappa shape index (κ3) is 6.39. The molecule has 4 aliphatic rings. The molecule has 268 valence electrons. The van der Waals surface area contributed by atoms with Gasteiger partial charge < -0.3 is 19.9 Å². The summed E-state index contributed by atoms with van der Waals surface area (Å²) < 4.78 is 10.6. The number of ketones is 1. The minimum absolute atomic E-state index is 0.00941. The normalized spacial score (nSPS) is 29.9. The molecule has 7 rings (SSSR count). The number of carbonyl (C=O) groups is 3. The lowest BCUT2D eigenvalue weighted by atomic mass is 9.47. The van der Waals surface area contributed by atoms with Crippen molar-refractivity contribution in [2.75, 3.05) is 19.0 Å². The van der Waals surface area contributed by atoms with Crippen LogP contribution in [0, 0.1) is 28.6 Å². The van der Waals surface area contributed by atoms with E-state index in [0.717, 1.165) is 56.9 Å². The van der Waals surface area contributed by atoms with Gasteiger partial charge in [-0.25, -0.2) is 4.79 Å². The third-order valence-corrected chi connectivity index (χ3v) is 13.8. The van der Waals surface area contributed by atoms with Gasteiger partial charge in [0.2, 0.25) is 0 Å².